The molecule has 100 valence electrons. The van der Waals surface area contributed by atoms with Gasteiger partial charge in [0.25, 0.3) is 0 Å². The van der Waals surface area contributed by atoms with Gasteiger partial charge in [-0.2, -0.15) is 0 Å². The molecule has 0 saturated carbocycles. The molecule has 17 heavy (non-hydrogen) atoms. The molecule has 0 aliphatic rings. The lowest BCUT2D eigenvalue weighted by atomic mass is 10.1. The predicted molar refractivity (Wildman–Crippen MR) is 63.6 cm³/mol. The van der Waals surface area contributed by atoms with Crippen molar-refractivity contribution in [2.24, 2.45) is 5.73 Å². The molecule has 0 aromatic carbocycles. The molecule has 0 rings (SSSR count). The van der Waals surface area contributed by atoms with E-state index in [1.54, 1.807) is 0 Å². The van der Waals surface area contributed by atoms with E-state index in [9.17, 15) is 9.59 Å². The molecule has 0 fully saturated rings. The third kappa shape index (κ3) is 11.1. The normalized spacial score (nSPS) is 12.1. The summed E-state index contributed by atoms with van der Waals surface area (Å²) in [7, 11) is 0. The lowest BCUT2D eigenvalue weighted by Crippen LogP contribution is -2.33. The minimum absolute atomic E-state index is 0.00337. The Bertz CT molecular complexity index is 234. The van der Waals surface area contributed by atoms with Gasteiger partial charge >= 0.3 is 5.97 Å². The molecule has 0 aromatic heterocycles. The summed E-state index contributed by atoms with van der Waals surface area (Å²) < 4.78 is 5.08. The van der Waals surface area contributed by atoms with Gasteiger partial charge in [-0.25, -0.2) is 0 Å². The van der Waals surface area contributed by atoms with Gasteiger partial charge in [-0.3, -0.25) is 9.59 Å². The molecule has 0 spiro atoms. The largest absolute Gasteiger partial charge is 0.481 e. The summed E-state index contributed by atoms with van der Waals surface area (Å²) in [6.07, 6.45) is 1.69. The van der Waals surface area contributed by atoms with Gasteiger partial charge in [0.15, 0.2) is 0 Å². The second kappa shape index (κ2) is 10.0. The SMILES string of the molecule is CC(CCCC(=O)O)NC(=O)CCOCCN. The van der Waals surface area contributed by atoms with Crippen LogP contribution in [-0.4, -0.2) is 42.8 Å². The lowest BCUT2D eigenvalue weighted by Gasteiger charge is -2.13. The van der Waals surface area contributed by atoms with Crippen LogP contribution in [0.1, 0.15) is 32.6 Å². The first-order chi connectivity index (χ1) is 8.06. The molecular weight excluding hydrogens is 224 g/mol. The molecule has 0 aliphatic heterocycles. The third-order valence-corrected chi connectivity index (χ3v) is 2.17. The summed E-state index contributed by atoms with van der Waals surface area (Å²) in [5, 5.41) is 11.2. The average molecular weight is 246 g/mol. The summed E-state index contributed by atoms with van der Waals surface area (Å²) in [6, 6.07) is -0.00337. The summed E-state index contributed by atoms with van der Waals surface area (Å²) >= 11 is 0. The monoisotopic (exact) mass is 246 g/mol. The van der Waals surface area contributed by atoms with Crippen LogP contribution in [0.4, 0.5) is 0 Å². The Labute approximate surface area is 102 Å². The van der Waals surface area contributed by atoms with Crippen LogP contribution in [0.15, 0.2) is 0 Å². The summed E-state index contributed by atoms with van der Waals surface area (Å²) in [6.45, 7) is 3.14. The number of carboxylic acid groups (broad SMARTS) is 1. The first kappa shape index (κ1) is 15.9. The zero-order valence-electron chi connectivity index (χ0n) is 10.3. The van der Waals surface area contributed by atoms with Crippen molar-refractivity contribution in [3.8, 4) is 0 Å². The van der Waals surface area contributed by atoms with Crippen molar-refractivity contribution in [2.45, 2.75) is 38.6 Å². The molecule has 6 nitrogen and oxygen atoms in total. The zero-order valence-corrected chi connectivity index (χ0v) is 10.3. The van der Waals surface area contributed by atoms with E-state index >= 15 is 0 Å². The van der Waals surface area contributed by atoms with Crippen molar-refractivity contribution in [3.05, 3.63) is 0 Å². The molecule has 1 amide bonds. The van der Waals surface area contributed by atoms with Crippen molar-refractivity contribution in [2.75, 3.05) is 19.8 Å². The van der Waals surface area contributed by atoms with E-state index in [0.717, 1.165) is 0 Å². The fraction of sp³-hybridized carbons (Fsp3) is 0.818. The maximum Gasteiger partial charge on any atom is 0.303 e. The van der Waals surface area contributed by atoms with Crippen LogP contribution in [0.3, 0.4) is 0 Å². The smallest absolute Gasteiger partial charge is 0.303 e. The quantitative estimate of drug-likeness (QED) is 0.475. The lowest BCUT2D eigenvalue weighted by molar-refractivity contribution is -0.137. The summed E-state index contributed by atoms with van der Waals surface area (Å²) in [4.78, 5) is 21.7. The number of carbonyl (C=O) groups excluding carboxylic acids is 1. The van der Waals surface area contributed by atoms with Crippen LogP contribution in [0, 0.1) is 0 Å². The van der Waals surface area contributed by atoms with Crippen LogP contribution >= 0.6 is 0 Å². The number of hydrogen-bond donors (Lipinski definition) is 3. The van der Waals surface area contributed by atoms with E-state index in [1.165, 1.54) is 0 Å². The summed E-state index contributed by atoms with van der Waals surface area (Å²) in [5.74, 6) is -0.886. The molecule has 0 aromatic rings. The zero-order chi connectivity index (χ0) is 13.1. The fourth-order valence-electron chi connectivity index (χ4n) is 1.33. The second-order valence-corrected chi connectivity index (χ2v) is 3.91. The maximum absolute atomic E-state index is 11.4. The Hall–Kier alpha value is -1.14. The molecule has 1 unspecified atom stereocenters. The van der Waals surface area contributed by atoms with Gasteiger partial charge in [-0.15, -0.1) is 0 Å². The molecule has 0 aliphatic carbocycles. The molecule has 0 saturated heterocycles. The average Bonchev–Trinajstić information content (AvgIpc) is 2.23. The van der Waals surface area contributed by atoms with E-state index in [1.807, 2.05) is 6.92 Å². The van der Waals surface area contributed by atoms with Crippen molar-refractivity contribution in [1.82, 2.24) is 5.32 Å². The highest BCUT2D eigenvalue weighted by Crippen LogP contribution is 2.00. The molecular formula is C11H22N2O4. The number of hydrogen-bond acceptors (Lipinski definition) is 4. The highest BCUT2D eigenvalue weighted by atomic mass is 16.5. The molecule has 6 heteroatoms. The van der Waals surface area contributed by atoms with Gasteiger partial charge in [0, 0.05) is 25.4 Å². The highest BCUT2D eigenvalue weighted by molar-refractivity contribution is 5.76. The molecule has 0 heterocycles. The van der Waals surface area contributed by atoms with E-state index in [4.69, 9.17) is 15.6 Å². The number of amides is 1. The number of rotatable bonds is 10. The summed E-state index contributed by atoms with van der Waals surface area (Å²) in [5.41, 5.74) is 5.23. The van der Waals surface area contributed by atoms with Crippen LogP contribution < -0.4 is 11.1 Å². The van der Waals surface area contributed by atoms with Gasteiger partial charge in [-0.05, 0) is 19.8 Å². The van der Waals surface area contributed by atoms with Crippen molar-refractivity contribution < 1.29 is 19.4 Å². The molecule has 0 radical (unpaired) electrons. The molecule has 4 N–H and O–H groups in total. The molecule has 0 bridgehead atoms. The van der Waals surface area contributed by atoms with Crippen molar-refractivity contribution in [3.63, 3.8) is 0 Å². The Kier molecular flexibility index (Phi) is 9.37. The topological polar surface area (TPSA) is 102 Å². The number of carbonyl (C=O) groups is 2. The van der Waals surface area contributed by atoms with Crippen LogP contribution in [0.25, 0.3) is 0 Å². The van der Waals surface area contributed by atoms with Crippen LogP contribution in [-0.2, 0) is 14.3 Å². The Morgan fingerprint density at radius 2 is 2.06 bits per heavy atom. The van der Waals surface area contributed by atoms with Gasteiger partial charge in [0.1, 0.15) is 0 Å². The number of carboxylic acids is 1. The van der Waals surface area contributed by atoms with Gasteiger partial charge in [0.05, 0.1) is 13.2 Å². The fourth-order valence-corrected chi connectivity index (χ4v) is 1.33. The number of aliphatic carboxylic acids is 1. The highest BCUT2D eigenvalue weighted by Gasteiger charge is 2.07. The molecule has 1 atom stereocenters. The first-order valence-electron chi connectivity index (χ1n) is 5.85. The third-order valence-electron chi connectivity index (χ3n) is 2.17. The van der Waals surface area contributed by atoms with Crippen molar-refractivity contribution in [1.29, 1.82) is 0 Å². The Balaban J connectivity index is 3.48. The number of nitrogens with one attached hydrogen (secondary N) is 1. The van der Waals surface area contributed by atoms with E-state index in [2.05, 4.69) is 5.32 Å². The minimum atomic E-state index is -0.807. The standard InChI is InChI=1S/C11H22N2O4/c1-9(3-2-4-11(15)16)13-10(14)5-7-17-8-6-12/h9H,2-8,12H2,1H3,(H,13,14)(H,15,16). The van der Waals surface area contributed by atoms with E-state index in [0.29, 0.717) is 39.0 Å². The number of ether oxygens (including phenoxy) is 1. The second-order valence-electron chi connectivity index (χ2n) is 3.91. The maximum atomic E-state index is 11.4. The minimum Gasteiger partial charge on any atom is -0.481 e. The predicted octanol–water partition coefficient (Wildman–Crippen LogP) is 0.111. The van der Waals surface area contributed by atoms with Gasteiger partial charge in [-0.1, -0.05) is 0 Å². The van der Waals surface area contributed by atoms with Crippen molar-refractivity contribution >= 4 is 11.9 Å². The first-order valence-corrected chi connectivity index (χ1v) is 5.85. The van der Waals surface area contributed by atoms with E-state index < -0.39 is 5.97 Å². The van der Waals surface area contributed by atoms with Gasteiger partial charge in [0.2, 0.25) is 5.91 Å². The van der Waals surface area contributed by atoms with Gasteiger partial charge < -0.3 is 20.9 Å². The Morgan fingerprint density at radius 3 is 2.65 bits per heavy atom. The van der Waals surface area contributed by atoms with E-state index in [-0.39, 0.29) is 18.4 Å². The Morgan fingerprint density at radius 1 is 1.35 bits per heavy atom. The number of nitrogens with two attached hydrogens (primary N) is 1. The van der Waals surface area contributed by atoms with Crippen LogP contribution in [0.5, 0.6) is 0 Å². The van der Waals surface area contributed by atoms with Crippen LogP contribution in [0.2, 0.25) is 0 Å².